The van der Waals surface area contributed by atoms with Crippen molar-refractivity contribution in [3.05, 3.63) is 36.6 Å². The summed E-state index contributed by atoms with van der Waals surface area (Å²) >= 11 is 0. The molecule has 0 unspecified atom stereocenters. The van der Waals surface area contributed by atoms with Crippen LogP contribution in [-0.2, 0) is 0 Å². The lowest BCUT2D eigenvalue weighted by Crippen LogP contribution is -1.91. The predicted octanol–water partition coefficient (Wildman–Crippen LogP) is 0.422. The lowest BCUT2D eigenvalue weighted by molar-refractivity contribution is 1.05. The number of anilines is 3. The van der Waals surface area contributed by atoms with Gasteiger partial charge in [0.1, 0.15) is 36.4 Å². The molecule has 0 aliphatic rings. The van der Waals surface area contributed by atoms with Crippen LogP contribution in [0, 0.1) is 13.8 Å². The number of nitrogens with one attached hydrogen (secondary N) is 3. The Morgan fingerprint density at radius 2 is 1.12 bits per heavy atom. The number of aryl methyl sites for hydroxylation is 2. The second-order valence-corrected chi connectivity index (χ2v) is 6.50. The van der Waals surface area contributed by atoms with Crippen LogP contribution < -0.4 is 17.2 Å². The van der Waals surface area contributed by atoms with Gasteiger partial charge in [0.05, 0.1) is 22.4 Å². The summed E-state index contributed by atoms with van der Waals surface area (Å²) in [5.74, 6) is 1.40. The lowest BCUT2D eigenvalue weighted by Gasteiger charge is -1.91. The van der Waals surface area contributed by atoms with Gasteiger partial charge in [0.25, 0.3) is 0 Å². The van der Waals surface area contributed by atoms with Crippen molar-refractivity contribution in [1.82, 2.24) is 60.5 Å². The van der Waals surface area contributed by atoms with Crippen molar-refractivity contribution in [1.29, 1.82) is 0 Å². The smallest absolute Gasteiger partial charge is 0.186 e. The third-order valence-electron chi connectivity index (χ3n) is 4.40. The number of hydrogen-bond acceptors (Lipinski definition) is 12. The molecule has 0 amide bonds. The molecule has 162 valence electrons. The third kappa shape index (κ3) is 3.89. The fraction of sp³-hybridized carbons (Fsp3) is 0.118. The van der Waals surface area contributed by atoms with E-state index in [0.29, 0.717) is 34.4 Å². The van der Waals surface area contributed by atoms with Crippen molar-refractivity contribution >= 4 is 50.6 Å². The van der Waals surface area contributed by atoms with Crippen LogP contribution in [0.1, 0.15) is 11.4 Å². The van der Waals surface area contributed by atoms with Crippen molar-refractivity contribution in [2.75, 3.05) is 17.2 Å². The van der Waals surface area contributed by atoms with Crippen LogP contribution in [0.15, 0.2) is 25.2 Å². The van der Waals surface area contributed by atoms with Crippen LogP contribution in [0.3, 0.4) is 0 Å². The van der Waals surface area contributed by atoms with Gasteiger partial charge in [-0.25, -0.2) is 29.9 Å². The molecule has 0 radical (unpaired) electrons. The van der Waals surface area contributed by atoms with E-state index in [4.69, 9.17) is 17.2 Å². The fourth-order valence-corrected chi connectivity index (χ4v) is 2.84. The Balaban J connectivity index is 0.000000115. The van der Waals surface area contributed by atoms with Crippen molar-refractivity contribution in [2.24, 2.45) is 0 Å². The van der Waals surface area contributed by atoms with Gasteiger partial charge in [-0.2, -0.15) is 15.3 Å². The number of nitrogens with zero attached hydrogens (tertiary/aromatic N) is 9. The van der Waals surface area contributed by atoms with Gasteiger partial charge in [0, 0.05) is 11.4 Å². The Morgan fingerprint density at radius 3 is 1.62 bits per heavy atom. The number of hydrogen-bond donors (Lipinski definition) is 6. The van der Waals surface area contributed by atoms with Crippen molar-refractivity contribution in [3.8, 4) is 0 Å². The van der Waals surface area contributed by atoms with Crippen LogP contribution in [0.4, 0.5) is 17.5 Å². The largest absolute Gasteiger partial charge is 0.383 e. The molecule has 9 N–H and O–H groups in total. The number of aromatic amines is 3. The Bertz CT molecular complexity index is 1420. The number of H-pyrrole nitrogens is 3. The Labute approximate surface area is 179 Å². The molecule has 6 heterocycles. The van der Waals surface area contributed by atoms with E-state index in [2.05, 4.69) is 60.5 Å². The number of aromatic nitrogens is 12. The van der Waals surface area contributed by atoms with Gasteiger partial charge < -0.3 is 17.2 Å². The van der Waals surface area contributed by atoms with E-state index in [1.165, 1.54) is 19.0 Å². The van der Waals surface area contributed by atoms with Crippen LogP contribution in [0.5, 0.6) is 0 Å². The molecule has 0 aromatic carbocycles. The van der Waals surface area contributed by atoms with Gasteiger partial charge in [0.15, 0.2) is 16.9 Å². The van der Waals surface area contributed by atoms with E-state index in [1.807, 2.05) is 13.8 Å². The molecule has 15 heteroatoms. The van der Waals surface area contributed by atoms with Crippen LogP contribution >= 0.6 is 0 Å². The second-order valence-electron chi connectivity index (χ2n) is 6.50. The average molecular weight is 433 g/mol. The zero-order valence-electron chi connectivity index (χ0n) is 17.1. The van der Waals surface area contributed by atoms with Crippen LogP contribution in [-0.4, -0.2) is 60.5 Å². The Kier molecular flexibility index (Phi) is 5.35. The maximum atomic E-state index is 5.59. The van der Waals surface area contributed by atoms with Crippen molar-refractivity contribution in [2.45, 2.75) is 13.8 Å². The van der Waals surface area contributed by atoms with Gasteiger partial charge in [0.2, 0.25) is 0 Å². The van der Waals surface area contributed by atoms with Crippen molar-refractivity contribution in [3.63, 3.8) is 0 Å². The summed E-state index contributed by atoms with van der Waals surface area (Å²) in [6.45, 7) is 3.77. The summed E-state index contributed by atoms with van der Waals surface area (Å²) in [5, 5.41) is 22.2. The second kappa shape index (κ2) is 8.42. The maximum Gasteiger partial charge on any atom is 0.186 e. The SMILES string of the molecule is Cc1[nH]nc2ncnc(N)c12.Cc1[nH]nc2ncnc(N)c12.Nc1ncnc2[nH]ncc12. The summed E-state index contributed by atoms with van der Waals surface area (Å²) < 4.78 is 0. The van der Waals surface area contributed by atoms with Gasteiger partial charge in [-0.1, -0.05) is 0 Å². The van der Waals surface area contributed by atoms with E-state index in [9.17, 15) is 0 Å². The summed E-state index contributed by atoms with van der Waals surface area (Å²) in [5.41, 5.74) is 20.4. The van der Waals surface area contributed by atoms with E-state index in [1.54, 1.807) is 6.20 Å². The molecule has 6 rings (SSSR count). The molecule has 0 spiro atoms. The molecule has 0 aliphatic carbocycles. The normalized spacial score (nSPS) is 10.6. The highest BCUT2D eigenvalue weighted by Crippen LogP contribution is 2.17. The Morgan fingerprint density at radius 1 is 0.625 bits per heavy atom. The quantitative estimate of drug-likeness (QED) is 0.191. The summed E-state index contributed by atoms with van der Waals surface area (Å²) in [7, 11) is 0. The third-order valence-corrected chi connectivity index (χ3v) is 4.40. The zero-order chi connectivity index (χ0) is 22.7. The average Bonchev–Trinajstić information content (AvgIpc) is 3.50. The summed E-state index contributed by atoms with van der Waals surface area (Å²) in [4.78, 5) is 23.2. The topological polar surface area (TPSA) is 241 Å². The highest BCUT2D eigenvalue weighted by atomic mass is 15.2. The van der Waals surface area contributed by atoms with Crippen LogP contribution in [0.25, 0.3) is 33.1 Å². The van der Waals surface area contributed by atoms with Crippen LogP contribution in [0.2, 0.25) is 0 Å². The monoisotopic (exact) mass is 433 g/mol. The minimum Gasteiger partial charge on any atom is -0.383 e. The molecule has 0 bridgehead atoms. The predicted molar refractivity (Wildman–Crippen MR) is 118 cm³/mol. The van der Waals surface area contributed by atoms with Gasteiger partial charge in [-0.05, 0) is 13.8 Å². The fourth-order valence-electron chi connectivity index (χ4n) is 2.84. The van der Waals surface area contributed by atoms with E-state index in [0.717, 1.165) is 27.5 Å². The molecule has 32 heavy (non-hydrogen) atoms. The first-order chi connectivity index (χ1) is 15.5. The molecule has 0 saturated carbocycles. The molecular weight excluding hydrogens is 414 g/mol. The number of rotatable bonds is 0. The standard InChI is InChI=1S/2C6H7N5.C5H5N5/c2*1-3-4-5(7)8-2-9-6(4)11-10-3;6-4-3-1-9-10-5(3)8-2-7-4/h2*2H,1H3,(H3,7,8,9,10,11);1-2H,(H3,6,7,8,9,10). The molecular formula is C17H19N15. The van der Waals surface area contributed by atoms with Gasteiger partial charge in [-0.3, -0.25) is 15.3 Å². The minimum atomic E-state index is 0.457. The zero-order valence-corrected chi connectivity index (χ0v) is 17.1. The summed E-state index contributed by atoms with van der Waals surface area (Å²) in [6.07, 6.45) is 5.80. The van der Waals surface area contributed by atoms with E-state index < -0.39 is 0 Å². The maximum absolute atomic E-state index is 5.59. The first kappa shape index (κ1) is 20.3. The molecule has 6 aromatic heterocycles. The van der Waals surface area contributed by atoms with Gasteiger partial charge >= 0.3 is 0 Å². The molecule has 0 aliphatic heterocycles. The van der Waals surface area contributed by atoms with Gasteiger partial charge in [-0.15, -0.1) is 0 Å². The molecule has 15 nitrogen and oxygen atoms in total. The highest BCUT2D eigenvalue weighted by molar-refractivity contribution is 5.88. The first-order valence-corrected chi connectivity index (χ1v) is 9.17. The lowest BCUT2D eigenvalue weighted by atomic mass is 10.3. The van der Waals surface area contributed by atoms with E-state index >= 15 is 0 Å². The molecule has 6 aromatic rings. The number of nitrogen functional groups attached to an aromatic ring is 3. The van der Waals surface area contributed by atoms with Crippen molar-refractivity contribution < 1.29 is 0 Å². The molecule has 0 saturated heterocycles. The number of nitrogens with two attached hydrogens (primary N) is 3. The number of fused-ring (bicyclic) bond motifs is 3. The molecule has 0 fully saturated rings. The minimum absolute atomic E-state index is 0.457. The highest BCUT2D eigenvalue weighted by Gasteiger charge is 2.06. The molecule has 0 atom stereocenters. The summed E-state index contributed by atoms with van der Waals surface area (Å²) in [6, 6.07) is 0. The van der Waals surface area contributed by atoms with E-state index in [-0.39, 0.29) is 0 Å². The Hall–Kier alpha value is -4.95. The first-order valence-electron chi connectivity index (χ1n) is 9.17.